The van der Waals surface area contributed by atoms with E-state index >= 15 is 0 Å². The number of rotatable bonds is 5. The zero-order valence-electron chi connectivity index (χ0n) is 10.7. The van der Waals surface area contributed by atoms with Crippen LogP contribution in [0, 0.1) is 0 Å². The average molecular weight is 289 g/mol. The maximum absolute atomic E-state index is 11.8. The summed E-state index contributed by atoms with van der Waals surface area (Å²) in [5.41, 5.74) is 0.922. The highest BCUT2D eigenvalue weighted by molar-refractivity contribution is 7.93. The third-order valence-corrected chi connectivity index (χ3v) is 5.80. The highest BCUT2D eigenvalue weighted by Gasteiger charge is 2.30. The smallest absolute Gasteiger partial charge is 0.236 e. The second-order valence-electron chi connectivity index (χ2n) is 4.47. The summed E-state index contributed by atoms with van der Waals surface area (Å²) in [5, 5.41) is 5.89. The molecule has 0 aliphatic carbocycles. The number of hydrogen-bond acceptors (Lipinski definition) is 5. The van der Waals surface area contributed by atoms with Gasteiger partial charge in [-0.3, -0.25) is 0 Å². The predicted octanol–water partition coefficient (Wildman–Crippen LogP) is 1.74. The third-order valence-electron chi connectivity index (χ3n) is 2.97. The summed E-state index contributed by atoms with van der Waals surface area (Å²) >= 11 is 1.41. The summed E-state index contributed by atoms with van der Waals surface area (Å²) in [6, 6.07) is 0.167. The highest BCUT2D eigenvalue weighted by atomic mass is 32.2. The third kappa shape index (κ3) is 2.84. The number of thiazole rings is 1. The first-order chi connectivity index (χ1) is 8.54. The molecule has 1 fully saturated rings. The lowest BCUT2D eigenvalue weighted by atomic mass is 10.2. The Morgan fingerprint density at radius 2 is 2.39 bits per heavy atom. The van der Waals surface area contributed by atoms with Gasteiger partial charge in [0, 0.05) is 18.0 Å². The maximum atomic E-state index is 11.8. The number of hydrogen-bond donors (Lipinski definition) is 1. The molecule has 1 aliphatic heterocycles. The molecule has 5 nitrogen and oxygen atoms in total. The standard InChI is InChI=1S/C11H19N3O2S2/c1-3-5-12-9(2)10-8-17-11(13-10)14-6-4-7-18(14,15)16/h8-9,12H,3-7H2,1-2H3. The fraction of sp³-hybridized carbons (Fsp3) is 0.727. The van der Waals surface area contributed by atoms with E-state index in [1.807, 2.05) is 12.3 Å². The molecule has 18 heavy (non-hydrogen) atoms. The van der Waals surface area contributed by atoms with Crippen LogP contribution in [0.25, 0.3) is 0 Å². The number of nitrogens with one attached hydrogen (secondary N) is 1. The molecule has 0 amide bonds. The van der Waals surface area contributed by atoms with Crippen LogP contribution in [-0.2, 0) is 10.0 Å². The molecular weight excluding hydrogens is 270 g/mol. The van der Waals surface area contributed by atoms with Crippen molar-refractivity contribution in [3.8, 4) is 0 Å². The van der Waals surface area contributed by atoms with E-state index in [1.165, 1.54) is 15.6 Å². The van der Waals surface area contributed by atoms with E-state index in [0.29, 0.717) is 18.1 Å². The van der Waals surface area contributed by atoms with Gasteiger partial charge in [0.05, 0.1) is 11.4 Å². The van der Waals surface area contributed by atoms with E-state index in [4.69, 9.17) is 0 Å². The van der Waals surface area contributed by atoms with Crippen LogP contribution in [-0.4, -0.2) is 32.2 Å². The Bertz CT molecular complexity index is 498. The highest BCUT2D eigenvalue weighted by Crippen LogP contribution is 2.29. The minimum absolute atomic E-state index is 0.167. The molecule has 102 valence electrons. The maximum Gasteiger partial charge on any atom is 0.236 e. The van der Waals surface area contributed by atoms with E-state index in [1.54, 1.807) is 0 Å². The first kappa shape index (κ1) is 13.8. The average Bonchev–Trinajstić information content (AvgIpc) is 2.91. The molecular formula is C11H19N3O2S2. The zero-order valence-corrected chi connectivity index (χ0v) is 12.4. The van der Waals surface area contributed by atoms with E-state index in [2.05, 4.69) is 17.2 Å². The van der Waals surface area contributed by atoms with Gasteiger partial charge in [0.2, 0.25) is 10.0 Å². The van der Waals surface area contributed by atoms with Gasteiger partial charge in [-0.25, -0.2) is 17.7 Å². The topological polar surface area (TPSA) is 62.3 Å². The van der Waals surface area contributed by atoms with Crippen molar-refractivity contribution in [3.05, 3.63) is 11.1 Å². The van der Waals surface area contributed by atoms with Crippen LogP contribution in [0.5, 0.6) is 0 Å². The van der Waals surface area contributed by atoms with Crippen molar-refractivity contribution < 1.29 is 8.42 Å². The van der Waals surface area contributed by atoms with Crippen LogP contribution in [0.1, 0.15) is 38.4 Å². The summed E-state index contributed by atoms with van der Waals surface area (Å²) in [7, 11) is -3.11. The van der Waals surface area contributed by atoms with Gasteiger partial charge in [0.1, 0.15) is 0 Å². The first-order valence-corrected chi connectivity index (χ1v) is 8.72. The SMILES string of the molecule is CCCNC(C)c1csc(N2CCCS2(=O)=O)n1. The van der Waals surface area contributed by atoms with Crippen molar-refractivity contribution in [1.29, 1.82) is 0 Å². The Labute approximate surface area is 112 Å². The fourth-order valence-corrected chi connectivity index (χ4v) is 4.63. The molecule has 1 unspecified atom stereocenters. The Hall–Kier alpha value is -0.660. The molecule has 0 radical (unpaired) electrons. The molecule has 1 aliphatic rings. The second-order valence-corrected chi connectivity index (χ2v) is 7.32. The predicted molar refractivity (Wildman–Crippen MR) is 74.6 cm³/mol. The van der Waals surface area contributed by atoms with Gasteiger partial charge in [-0.15, -0.1) is 11.3 Å². The summed E-state index contributed by atoms with van der Waals surface area (Å²) in [4.78, 5) is 4.44. The molecule has 0 bridgehead atoms. The first-order valence-electron chi connectivity index (χ1n) is 6.24. The number of sulfonamides is 1. The number of aromatic nitrogens is 1. The van der Waals surface area contributed by atoms with Crippen molar-refractivity contribution in [1.82, 2.24) is 10.3 Å². The molecule has 2 rings (SSSR count). The van der Waals surface area contributed by atoms with E-state index in [9.17, 15) is 8.42 Å². The molecule has 1 aromatic rings. The fourth-order valence-electron chi connectivity index (χ4n) is 1.91. The van der Waals surface area contributed by atoms with Crippen molar-refractivity contribution in [2.24, 2.45) is 0 Å². The quantitative estimate of drug-likeness (QED) is 0.897. The molecule has 0 aromatic carbocycles. The molecule has 1 atom stereocenters. The molecule has 7 heteroatoms. The molecule has 0 spiro atoms. The Balaban J connectivity index is 2.11. The summed E-state index contributed by atoms with van der Waals surface area (Å²) < 4.78 is 25.0. The van der Waals surface area contributed by atoms with Gasteiger partial charge in [0.25, 0.3) is 0 Å². The molecule has 1 N–H and O–H groups in total. The van der Waals surface area contributed by atoms with Gasteiger partial charge in [-0.2, -0.15) is 0 Å². The van der Waals surface area contributed by atoms with Crippen LogP contribution < -0.4 is 9.62 Å². The summed E-state index contributed by atoms with van der Waals surface area (Å²) in [6.45, 7) is 5.66. The monoisotopic (exact) mass is 289 g/mol. The van der Waals surface area contributed by atoms with Crippen LogP contribution >= 0.6 is 11.3 Å². The van der Waals surface area contributed by atoms with Gasteiger partial charge in [-0.1, -0.05) is 6.92 Å². The van der Waals surface area contributed by atoms with E-state index < -0.39 is 10.0 Å². The molecule has 2 heterocycles. The van der Waals surface area contributed by atoms with Crippen LogP contribution in [0.4, 0.5) is 5.13 Å². The lowest BCUT2D eigenvalue weighted by molar-refractivity contribution is 0.561. The van der Waals surface area contributed by atoms with Crippen LogP contribution in [0.3, 0.4) is 0 Å². The molecule has 1 aromatic heterocycles. The lowest BCUT2D eigenvalue weighted by Gasteiger charge is -2.13. The van der Waals surface area contributed by atoms with Crippen molar-refractivity contribution >= 4 is 26.5 Å². The number of anilines is 1. The van der Waals surface area contributed by atoms with Crippen molar-refractivity contribution in [2.45, 2.75) is 32.7 Å². The molecule has 1 saturated heterocycles. The largest absolute Gasteiger partial charge is 0.309 e. The van der Waals surface area contributed by atoms with E-state index in [0.717, 1.165) is 18.7 Å². The lowest BCUT2D eigenvalue weighted by Crippen LogP contribution is -2.25. The number of nitrogens with zero attached hydrogens (tertiary/aromatic N) is 2. The van der Waals surface area contributed by atoms with Gasteiger partial charge >= 0.3 is 0 Å². The van der Waals surface area contributed by atoms with Gasteiger partial charge in [-0.05, 0) is 26.3 Å². The van der Waals surface area contributed by atoms with Crippen LogP contribution in [0.2, 0.25) is 0 Å². The normalized spacial score (nSPS) is 20.2. The Morgan fingerprint density at radius 1 is 1.61 bits per heavy atom. The minimum atomic E-state index is -3.11. The second kappa shape index (κ2) is 5.54. The summed E-state index contributed by atoms with van der Waals surface area (Å²) in [6.07, 6.45) is 1.77. The van der Waals surface area contributed by atoms with Gasteiger partial charge < -0.3 is 5.32 Å². The molecule has 0 saturated carbocycles. The van der Waals surface area contributed by atoms with Crippen molar-refractivity contribution in [2.75, 3.05) is 23.1 Å². The van der Waals surface area contributed by atoms with Crippen LogP contribution in [0.15, 0.2) is 5.38 Å². The zero-order chi connectivity index (χ0) is 13.2. The Kier molecular flexibility index (Phi) is 4.24. The Morgan fingerprint density at radius 3 is 3.00 bits per heavy atom. The minimum Gasteiger partial charge on any atom is -0.309 e. The van der Waals surface area contributed by atoms with E-state index in [-0.39, 0.29) is 11.8 Å². The van der Waals surface area contributed by atoms with Crippen molar-refractivity contribution in [3.63, 3.8) is 0 Å². The van der Waals surface area contributed by atoms with Gasteiger partial charge in [0.15, 0.2) is 5.13 Å². The summed E-state index contributed by atoms with van der Waals surface area (Å²) in [5.74, 6) is 0.242.